The van der Waals surface area contributed by atoms with Gasteiger partial charge in [0.2, 0.25) is 0 Å². The van der Waals surface area contributed by atoms with Crippen LogP contribution in [-0.4, -0.2) is 9.97 Å². The highest BCUT2D eigenvalue weighted by atomic mass is 14.9. The first-order chi connectivity index (χ1) is 9.13. The molecule has 0 amide bonds. The van der Waals surface area contributed by atoms with Crippen molar-refractivity contribution in [2.45, 2.75) is 40.0 Å². The Morgan fingerprint density at radius 1 is 1.32 bits per heavy atom. The number of aromatic amines is 1. The quantitative estimate of drug-likeness (QED) is 0.818. The number of hydrogen-bond acceptors (Lipinski definition) is 1. The van der Waals surface area contributed by atoms with Gasteiger partial charge in [0.25, 0.3) is 0 Å². The van der Waals surface area contributed by atoms with E-state index in [1.165, 1.54) is 17.5 Å². The van der Waals surface area contributed by atoms with Crippen molar-refractivity contribution >= 4 is 5.57 Å². The zero-order valence-electron chi connectivity index (χ0n) is 12.1. The highest BCUT2D eigenvalue weighted by Gasteiger charge is 2.13. The predicted octanol–water partition coefficient (Wildman–Crippen LogP) is 4.76. The van der Waals surface area contributed by atoms with Gasteiger partial charge in [-0.05, 0) is 31.4 Å². The molecule has 0 aliphatic heterocycles. The Labute approximate surface area is 115 Å². The van der Waals surface area contributed by atoms with Crippen LogP contribution in [0.5, 0.6) is 0 Å². The molecule has 0 aliphatic rings. The van der Waals surface area contributed by atoms with Gasteiger partial charge in [0.05, 0.1) is 11.4 Å². The maximum Gasteiger partial charge on any atom is 0.107 e. The third kappa shape index (κ3) is 2.95. The molecule has 2 aromatic rings. The Balaban J connectivity index is 2.46. The van der Waals surface area contributed by atoms with Crippen LogP contribution in [0.4, 0.5) is 0 Å². The Morgan fingerprint density at radius 3 is 2.68 bits per heavy atom. The summed E-state index contributed by atoms with van der Waals surface area (Å²) in [5.74, 6) is 1.07. The van der Waals surface area contributed by atoms with Gasteiger partial charge in [0.1, 0.15) is 5.82 Å². The fraction of sp³-hybridized carbons (Fsp3) is 0.353. The maximum absolute atomic E-state index is 4.71. The minimum atomic E-state index is 1.00. The molecule has 0 bridgehead atoms. The zero-order valence-corrected chi connectivity index (χ0v) is 12.1. The van der Waals surface area contributed by atoms with Crippen LogP contribution in [0.2, 0.25) is 0 Å². The van der Waals surface area contributed by atoms with Crippen molar-refractivity contribution < 1.29 is 0 Å². The number of unbranched alkanes of at least 4 members (excludes halogenated alkanes) is 1. The van der Waals surface area contributed by atoms with Crippen LogP contribution in [0.3, 0.4) is 0 Å². The average molecular weight is 254 g/mol. The van der Waals surface area contributed by atoms with Gasteiger partial charge in [-0.15, -0.1) is 0 Å². The standard InChI is InChI=1S/C17H22N2/c1-5-6-11-15-18-16(12(2)3)17(19-15)14-10-8-7-9-13(14)4/h7-10H,2,5-6,11H2,1,3-4H3,(H,18,19). The van der Waals surface area contributed by atoms with Crippen molar-refractivity contribution in [1.29, 1.82) is 0 Å². The number of allylic oxidation sites excluding steroid dienone is 1. The van der Waals surface area contributed by atoms with Gasteiger partial charge in [-0.1, -0.05) is 44.2 Å². The number of aryl methyl sites for hydroxylation is 2. The van der Waals surface area contributed by atoms with Crippen molar-refractivity contribution in [2.75, 3.05) is 0 Å². The summed E-state index contributed by atoms with van der Waals surface area (Å²) in [6.07, 6.45) is 3.35. The summed E-state index contributed by atoms with van der Waals surface area (Å²) in [6.45, 7) is 10.4. The molecule has 0 radical (unpaired) electrons. The van der Waals surface area contributed by atoms with E-state index in [0.29, 0.717) is 0 Å². The molecule has 2 nitrogen and oxygen atoms in total. The van der Waals surface area contributed by atoms with E-state index in [2.05, 4.69) is 49.7 Å². The van der Waals surface area contributed by atoms with Crippen molar-refractivity contribution in [3.05, 3.63) is 47.9 Å². The number of H-pyrrole nitrogens is 1. The molecular weight excluding hydrogens is 232 g/mol. The smallest absolute Gasteiger partial charge is 0.107 e. The average Bonchev–Trinajstić information content (AvgIpc) is 2.81. The van der Waals surface area contributed by atoms with E-state index in [1.54, 1.807) is 0 Å². The Kier molecular flexibility index (Phi) is 4.20. The van der Waals surface area contributed by atoms with E-state index in [-0.39, 0.29) is 0 Å². The molecule has 1 aromatic heterocycles. The summed E-state index contributed by atoms with van der Waals surface area (Å²) in [4.78, 5) is 8.19. The second-order valence-corrected chi connectivity index (χ2v) is 5.11. The first-order valence-electron chi connectivity index (χ1n) is 6.94. The molecule has 2 heteroatoms. The number of imidazole rings is 1. The fourth-order valence-corrected chi connectivity index (χ4v) is 2.24. The molecule has 0 fully saturated rings. The van der Waals surface area contributed by atoms with Gasteiger partial charge < -0.3 is 4.98 Å². The minimum absolute atomic E-state index is 1.00. The van der Waals surface area contributed by atoms with Crippen molar-refractivity contribution in [3.63, 3.8) is 0 Å². The molecule has 0 aliphatic carbocycles. The van der Waals surface area contributed by atoms with Crippen molar-refractivity contribution in [2.24, 2.45) is 0 Å². The Hall–Kier alpha value is -1.83. The van der Waals surface area contributed by atoms with Crippen LogP contribution in [0.25, 0.3) is 16.8 Å². The minimum Gasteiger partial charge on any atom is -0.341 e. The number of benzene rings is 1. The monoisotopic (exact) mass is 254 g/mol. The van der Waals surface area contributed by atoms with Gasteiger partial charge in [-0.2, -0.15) is 0 Å². The molecule has 19 heavy (non-hydrogen) atoms. The third-order valence-corrected chi connectivity index (χ3v) is 3.34. The van der Waals surface area contributed by atoms with Gasteiger partial charge in [0.15, 0.2) is 0 Å². The summed E-state index contributed by atoms with van der Waals surface area (Å²) in [5.41, 5.74) is 5.60. The largest absolute Gasteiger partial charge is 0.341 e. The second kappa shape index (κ2) is 5.87. The summed E-state index contributed by atoms with van der Waals surface area (Å²) in [6, 6.07) is 8.40. The van der Waals surface area contributed by atoms with E-state index in [0.717, 1.165) is 35.6 Å². The highest BCUT2D eigenvalue weighted by molar-refractivity contribution is 5.76. The first kappa shape index (κ1) is 13.6. The summed E-state index contributed by atoms with van der Waals surface area (Å²) in [5, 5.41) is 0. The molecular formula is C17H22N2. The molecule has 1 N–H and O–H groups in total. The lowest BCUT2D eigenvalue weighted by Gasteiger charge is -2.05. The van der Waals surface area contributed by atoms with E-state index in [1.807, 2.05) is 6.92 Å². The fourth-order valence-electron chi connectivity index (χ4n) is 2.24. The van der Waals surface area contributed by atoms with Crippen LogP contribution in [0.1, 0.15) is 43.8 Å². The van der Waals surface area contributed by atoms with Crippen LogP contribution in [-0.2, 0) is 6.42 Å². The van der Waals surface area contributed by atoms with E-state index in [4.69, 9.17) is 4.98 Å². The first-order valence-corrected chi connectivity index (χ1v) is 6.94. The van der Waals surface area contributed by atoms with Crippen molar-refractivity contribution in [1.82, 2.24) is 9.97 Å². The third-order valence-electron chi connectivity index (χ3n) is 3.34. The molecule has 1 heterocycles. The van der Waals surface area contributed by atoms with Crippen LogP contribution in [0, 0.1) is 6.92 Å². The molecule has 0 saturated carbocycles. The topological polar surface area (TPSA) is 28.7 Å². The number of nitrogens with zero attached hydrogens (tertiary/aromatic N) is 1. The Morgan fingerprint density at radius 2 is 2.05 bits per heavy atom. The molecule has 100 valence electrons. The van der Waals surface area contributed by atoms with Gasteiger partial charge >= 0.3 is 0 Å². The molecule has 0 spiro atoms. The van der Waals surface area contributed by atoms with E-state index < -0.39 is 0 Å². The lowest BCUT2D eigenvalue weighted by atomic mass is 10.0. The number of nitrogens with one attached hydrogen (secondary N) is 1. The summed E-state index contributed by atoms with van der Waals surface area (Å²) >= 11 is 0. The SMILES string of the molecule is C=C(C)c1nc(CCCC)[nH]c1-c1ccccc1C. The lowest BCUT2D eigenvalue weighted by molar-refractivity contribution is 0.762. The molecule has 2 rings (SSSR count). The highest BCUT2D eigenvalue weighted by Crippen LogP contribution is 2.28. The number of hydrogen-bond donors (Lipinski definition) is 1. The molecule has 1 aromatic carbocycles. The van der Waals surface area contributed by atoms with Crippen molar-refractivity contribution in [3.8, 4) is 11.3 Å². The number of rotatable bonds is 5. The molecule has 0 atom stereocenters. The molecule has 0 saturated heterocycles. The Bertz CT molecular complexity index is 579. The summed E-state index contributed by atoms with van der Waals surface area (Å²) < 4.78 is 0. The van der Waals surface area contributed by atoms with Crippen LogP contribution in [0.15, 0.2) is 30.8 Å². The lowest BCUT2D eigenvalue weighted by Crippen LogP contribution is -1.88. The zero-order chi connectivity index (χ0) is 13.8. The molecule has 0 unspecified atom stereocenters. The van der Waals surface area contributed by atoms with Gasteiger partial charge in [-0.25, -0.2) is 4.98 Å². The maximum atomic E-state index is 4.71. The van der Waals surface area contributed by atoms with E-state index in [9.17, 15) is 0 Å². The normalized spacial score (nSPS) is 10.7. The number of aromatic nitrogens is 2. The van der Waals surface area contributed by atoms with E-state index >= 15 is 0 Å². The van der Waals surface area contributed by atoms with Crippen LogP contribution >= 0.6 is 0 Å². The second-order valence-electron chi connectivity index (χ2n) is 5.11. The van der Waals surface area contributed by atoms with Gasteiger partial charge in [-0.3, -0.25) is 0 Å². The van der Waals surface area contributed by atoms with Gasteiger partial charge in [0, 0.05) is 12.0 Å². The van der Waals surface area contributed by atoms with Crippen LogP contribution < -0.4 is 0 Å². The summed E-state index contributed by atoms with van der Waals surface area (Å²) in [7, 11) is 0. The predicted molar refractivity (Wildman–Crippen MR) is 82.1 cm³/mol.